The Balaban J connectivity index is 2.54. The van der Waals surface area contributed by atoms with Gasteiger partial charge in [-0.2, -0.15) is 0 Å². The number of aliphatic hydroxyl groups excluding tert-OH is 2. The van der Waals surface area contributed by atoms with Crippen LogP contribution in [0.4, 0.5) is 0 Å². The predicted molar refractivity (Wildman–Crippen MR) is 63.7 cm³/mol. The second kappa shape index (κ2) is 7.19. The Hall–Kier alpha value is -1.48. The van der Waals surface area contributed by atoms with Crippen molar-refractivity contribution in [3.8, 4) is 0 Å². The molecule has 0 bridgehead atoms. The molecule has 1 fully saturated rings. The summed E-state index contributed by atoms with van der Waals surface area (Å²) < 4.78 is 10.7. The quantitative estimate of drug-likeness (QED) is 0.309. The molecule has 8 heteroatoms. The van der Waals surface area contributed by atoms with Gasteiger partial charge in [0.25, 0.3) is 5.91 Å². The fourth-order valence-corrected chi connectivity index (χ4v) is 1.90. The molecule has 0 radical (unpaired) electrons. The topological polar surface area (TPSA) is 117 Å². The summed E-state index contributed by atoms with van der Waals surface area (Å²) in [4.78, 5) is 21.0. The lowest BCUT2D eigenvalue weighted by Gasteiger charge is -2.29. The normalized spacial score (nSPS) is 25.4. The van der Waals surface area contributed by atoms with Crippen LogP contribution >= 0.6 is 0 Å². The first-order valence-corrected chi connectivity index (χ1v) is 5.71. The van der Waals surface area contributed by atoms with E-state index in [2.05, 4.69) is 5.32 Å². The molecule has 4 N–H and O–H groups in total. The van der Waals surface area contributed by atoms with E-state index in [1.807, 2.05) is 5.32 Å². The van der Waals surface area contributed by atoms with Crippen LogP contribution in [0.3, 0.4) is 0 Å². The number of ether oxygens (including phenoxy) is 2. The second-order valence-corrected chi connectivity index (χ2v) is 4.07. The molecule has 1 aliphatic rings. The van der Waals surface area contributed by atoms with Crippen LogP contribution in [-0.2, 0) is 19.1 Å². The lowest BCUT2D eigenvalue weighted by atomic mass is 9.99. The summed E-state index contributed by atoms with van der Waals surface area (Å²) in [6, 6.07) is 0. The lowest BCUT2D eigenvalue weighted by molar-refractivity contribution is -0.145. The van der Waals surface area contributed by atoms with Gasteiger partial charge in [-0.25, -0.2) is 0 Å². The number of aliphatic hydroxyl groups is 2. The smallest absolute Gasteiger partial charge is 0.251 e. The van der Waals surface area contributed by atoms with Gasteiger partial charge in [0.1, 0.15) is 11.8 Å². The number of hydrogen-bond acceptors (Lipinski definition) is 7. The maximum absolute atomic E-state index is 11.0. The van der Waals surface area contributed by atoms with Crippen molar-refractivity contribution in [1.29, 1.82) is 0 Å². The van der Waals surface area contributed by atoms with Gasteiger partial charge >= 0.3 is 0 Å². The Labute approximate surface area is 110 Å². The summed E-state index contributed by atoms with van der Waals surface area (Å²) in [6.07, 6.45) is 2.15. The van der Waals surface area contributed by atoms with E-state index in [9.17, 15) is 19.8 Å². The minimum Gasteiger partial charge on any atom is -0.393 e. The van der Waals surface area contributed by atoms with E-state index in [4.69, 9.17) is 9.47 Å². The Bertz CT molecular complexity index is 342. The van der Waals surface area contributed by atoms with Gasteiger partial charge < -0.3 is 25.0 Å². The molecule has 8 nitrogen and oxygen atoms in total. The van der Waals surface area contributed by atoms with Gasteiger partial charge in [0.05, 0.1) is 19.3 Å². The number of methoxy groups -OCH3 is 1. The van der Waals surface area contributed by atoms with Crippen molar-refractivity contribution in [2.75, 3.05) is 20.3 Å². The van der Waals surface area contributed by atoms with Gasteiger partial charge in [0.2, 0.25) is 6.41 Å². The number of amides is 2. The molecular weight excluding hydrogens is 256 g/mol. The van der Waals surface area contributed by atoms with Crippen LogP contribution < -0.4 is 10.6 Å². The lowest BCUT2D eigenvalue weighted by Crippen LogP contribution is -2.48. The zero-order valence-electron chi connectivity index (χ0n) is 10.5. The van der Waals surface area contributed by atoms with Crippen LogP contribution in [0.2, 0.25) is 0 Å². The standard InChI is InChI=1S/C11H18N2O6/c1-18-8-4-10(19-11(8,5-14)6-15)12-3-2-9(17)13-7-16/h2-3,7-8,10,12,14-15H,4-6H2,1H3,(H,13,16,17)/b3-2-/t8-,10+/m0/s1. The van der Waals surface area contributed by atoms with E-state index < -0.39 is 23.8 Å². The number of carbonyl (C=O) groups excluding carboxylic acids is 2. The van der Waals surface area contributed by atoms with E-state index in [0.717, 1.165) is 6.08 Å². The van der Waals surface area contributed by atoms with Crippen molar-refractivity contribution in [3.63, 3.8) is 0 Å². The first-order chi connectivity index (χ1) is 9.11. The highest BCUT2D eigenvalue weighted by Crippen LogP contribution is 2.31. The maximum Gasteiger partial charge on any atom is 0.251 e. The zero-order valence-corrected chi connectivity index (χ0v) is 10.5. The third-order valence-electron chi connectivity index (χ3n) is 2.93. The molecular formula is C11H18N2O6. The first kappa shape index (κ1) is 15.6. The summed E-state index contributed by atoms with van der Waals surface area (Å²) in [5.41, 5.74) is -1.16. The number of hydrogen-bond donors (Lipinski definition) is 4. The highest BCUT2D eigenvalue weighted by molar-refractivity contribution is 5.94. The van der Waals surface area contributed by atoms with Crippen LogP contribution in [0.1, 0.15) is 6.42 Å². The minimum absolute atomic E-state index is 0.280. The summed E-state index contributed by atoms with van der Waals surface area (Å²) in [5.74, 6) is -0.570. The summed E-state index contributed by atoms with van der Waals surface area (Å²) in [7, 11) is 1.46. The molecule has 0 spiro atoms. The Morgan fingerprint density at radius 3 is 2.68 bits per heavy atom. The molecule has 0 saturated carbocycles. The van der Waals surface area contributed by atoms with Gasteiger partial charge in [-0.3, -0.25) is 14.9 Å². The monoisotopic (exact) mass is 274 g/mol. The molecule has 0 aromatic heterocycles. The maximum atomic E-state index is 11.0. The Kier molecular flexibility index (Phi) is 5.90. The minimum atomic E-state index is -1.16. The summed E-state index contributed by atoms with van der Waals surface area (Å²) in [6.45, 7) is -0.759. The third-order valence-corrected chi connectivity index (χ3v) is 2.93. The van der Waals surface area contributed by atoms with Crippen LogP contribution in [0, 0.1) is 0 Å². The van der Waals surface area contributed by atoms with E-state index in [0.29, 0.717) is 6.42 Å². The van der Waals surface area contributed by atoms with Crippen molar-refractivity contribution in [3.05, 3.63) is 12.3 Å². The number of carbonyl (C=O) groups is 2. The molecule has 2 amide bonds. The van der Waals surface area contributed by atoms with E-state index in [1.54, 1.807) is 0 Å². The van der Waals surface area contributed by atoms with E-state index >= 15 is 0 Å². The Morgan fingerprint density at radius 1 is 1.53 bits per heavy atom. The van der Waals surface area contributed by atoms with Crippen molar-refractivity contribution in [1.82, 2.24) is 10.6 Å². The van der Waals surface area contributed by atoms with Crippen LogP contribution in [0.25, 0.3) is 0 Å². The average molecular weight is 274 g/mol. The van der Waals surface area contributed by atoms with Crippen LogP contribution in [0.15, 0.2) is 12.3 Å². The van der Waals surface area contributed by atoms with Crippen molar-refractivity contribution in [2.45, 2.75) is 24.4 Å². The molecule has 0 unspecified atom stereocenters. The molecule has 0 aliphatic carbocycles. The molecule has 0 aromatic rings. The van der Waals surface area contributed by atoms with Crippen LogP contribution in [0.5, 0.6) is 0 Å². The summed E-state index contributed by atoms with van der Waals surface area (Å²) in [5, 5.41) is 23.3. The van der Waals surface area contributed by atoms with Gasteiger partial charge in [0, 0.05) is 25.8 Å². The molecule has 19 heavy (non-hydrogen) atoms. The predicted octanol–water partition coefficient (Wildman–Crippen LogP) is -2.15. The fraction of sp³-hybridized carbons (Fsp3) is 0.636. The number of nitrogens with one attached hydrogen (secondary N) is 2. The van der Waals surface area contributed by atoms with Crippen LogP contribution in [-0.4, -0.2) is 60.8 Å². The largest absolute Gasteiger partial charge is 0.393 e. The highest BCUT2D eigenvalue weighted by atomic mass is 16.6. The number of rotatable bonds is 7. The van der Waals surface area contributed by atoms with Gasteiger partial charge in [-0.1, -0.05) is 0 Å². The zero-order chi connectivity index (χ0) is 14.3. The molecule has 0 aromatic carbocycles. The van der Waals surface area contributed by atoms with E-state index in [1.165, 1.54) is 13.3 Å². The molecule has 1 aliphatic heterocycles. The number of imide groups is 1. The average Bonchev–Trinajstić information content (AvgIpc) is 2.77. The van der Waals surface area contributed by atoms with Crippen molar-refractivity contribution in [2.24, 2.45) is 0 Å². The molecule has 1 rings (SSSR count). The van der Waals surface area contributed by atoms with Gasteiger partial charge in [-0.05, 0) is 0 Å². The van der Waals surface area contributed by atoms with Gasteiger partial charge in [-0.15, -0.1) is 0 Å². The molecule has 2 atom stereocenters. The SMILES string of the molecule is CO[C@H]1C[C@H](N/C=C\C(=O)NC=O)OC1(CO)CO. The molecule has 1 heterocycles. The fourth-order valence-electron chi connectivity index (χ4n) is 1.90. The molecule has 108 valence electrons. The van der Waals surface area contributed by atoms with Gasteiger partial charge in [0.15, 0.2) is 0 Å². The molecule has 1 saturated heterocycles. The van der Waals surface area contributed by atoms with E-state index in [-0.39, 0.29) is 19.6 Å². The highest BCUT2D eigenvalue weighted by Gasteiger charge is 2.48. The van der Waals surface area contributed by atoms with Crippen molar-refractivity contribution < 1.29 is 29.3 Å². The van der Waals surface area contributed by atoms with Crippen molar-refractivity contribution >= 4 is 12.3 Å². The Morgan fingerprint density at radius 2 is 2.21 bits per heavy atom. The summed E-state index contributed by atoms with van der Waals surface area (Å²) >= 11 is 0. The third kappa shape index (κ3) is 3.74. The first-order valence-electron chi connectivity index (χ1n) is 5.71. The second-order valence-electron chi connectivity index (χ2n) is 4.07.